The molecule has 0 radical (unpaired) electrons. The normalized spacial score (nSPS) is 10.3. The Bertz CT molecular complexity index is 885. The van der Waals surface area contributed by atoms with Crippen LogP contribution in [0.1, 0.15) is 20.7 Å². The van der Waals surface area contributed by atoms with Gasteiger partial charge in [-0.05, 0) is 60.7 Å². The van der Waals surface area contributed by atoms with Gasteiger partial charge in [-0.2, -0.15) is 0 Å². The van der Waals surface area contributed by atoms with Crippen molar-refractivity contribution in [1.82, 2.24) is 15.2 Å². The molecular weight excluding hydrogens is 342 g/mol. The molecule has 2 amide bonds. The zero-order valence-electron chi connectivity index (χ0n) is 15.0. The van der Waals surface area contributed by atoms with Crippen molar-refractivity contribution in [2.45, 2.75) is 0 Å². The summed E-state index contributed by atoms with van der Waals surface area (Å²) < 4.78 is 7.03. The number of benzene rings is 2. The van der Waals surface area contributed by atoms with Crippen LogP contribution < -0.4 is 15.4 Å². The summed E-state index contributed by atoms with van der Waals surface area (Å²) in [4.78, 5) is 24.2. The molecule has 2 N–H and O–H groups in total. The maximum atomic E-state index is 12.2. The van der Waals surface area contributed by atoms with Crippen LogP contribution in [-0.2, 0) is 0 Å². The van der Waals surface area contributed by atoms with Crippen molar-refractivity contribution in [3.05, 3.63) is 84.2 Å². The molecule has 0 saturated heterocycles. The molecule has 0 aliphatic heterocycles. The van der Waals surface area contributed by atoms with Gasteiger partial charge in [0.05, 0.1) is 7.11 Å². The predicted molar refractivity (Wildman–Crippen MR) is 103 cm³/mol. The second-order valence-electron chi connectivity index (χ2n) is 5.88. The molecule has 1 heterocycles. The van der Waals surface area contributed by atoms with Gasteiger partial charge >= 0.3 is 0 Å². The van der Waals surface area contributed by atoms with Crippen molar-refractivity contribution in [1.29, 1.82) is 0 Å². The second-order valence-corrected chi connectivity index (χ2v) is 5.88. The van der Waals surface area contributed by atoms with E-state index in [9.17, 15) is 9.59 Å². The van der Waals surface area contributed by atoms with E-state index < -0.39 is 0 Å². The maximum Gasteiger partial charge on any atom is 0.251 e. The molecule has 1 aromatic heterocycles. The van der Waals surface area contributed by atoms with E-state index in [-0.39, 0.29) is 11.8 Å². The average Bonchev–Trinajstić information content (AvgIpc) is 3.26. The lowest BCUT2D eigenvalue weighted by Gasteiger charge is -2.08. The Hall–Kier alpha value is -3.54. The summed E-state index contributed by atoms with van der Waals surface area (Å²) >= 11 is 0. The summed E-state index contributed by atoms with van der Waals surface area (Å²) in [5, 5.41) is 5.57. The van der Waals surface area contributed by atoms with Crippen molar-refractivity contribution >= 4 is 11.8 Å². The second kappa shape index (κ2) is 8.71. The van der Waals surface area contributed by atoms with E-state index >= 15 is 0 Å². The van der Waals surface area contributed by atoms with E-state index in [4.69, 9.17) is 4.74 Å². The van der Waals surface area contributed by atoms with Crippen LogP contribution in [0.25, 0.3) is 5.69 Å². The first-order chi connectivity index (χ1) is 13.2. The van der Waals surface area contributed by atoms with Crippen LogP contribution in [0.4, 0.5) is 0 Å². The number of nitrogens with zero attached hydrogens (tertiary/aromatic N) is 1. The van der Waals surface area contributed by atoms with E-state index in [2.05, 4.69) is 10.6 Å². The number of rotatable bonds is 7. The van der Waals surface area contributed by atoms with Crippen LogP contribution in [0, 0.1) is 0 Å². The predicted octanol–water partition coefficient (Wildman–Crippen LogP) is 2.65. The highest BCUT2D eigenvalue weighted by Gasteiger charge is 2.07. The van der Waals surface area contributed by atoms with Crippen LogP contribution in [0.15, 0.2) is 73.1 Å². The Labute approximate surface area is 157 Å². The third-order valence-corrected chi connectivity index (χ3v) is 4.08. The molecular formula is C21H21N3O3. The topological polar surface area (TPSA) is 72.4 Å². The molecule has 138 valence electrons. The Morgan fingerprint density at radius 2 is 1.30 bits per heavy atom. The van der Waals surface area contributed by atoms with E-state index in [1.807, 2.05) is 41.2 Å². The minimum absolute atomic E-state index is 0.173. The molecule has 0 spiro atoms. The summed E-state index contributed by atoms with van der Waals surface area (Å²) in [7, 11) is 1.58. The van der Waals surface area contributed by atoms with Gasteiger partial charge in [0.25, 0.3) is 11.8 Å². The molecule has 6 heteroatoms. The smallest absolute Gasteiger partial charge is 0.251 e. The minimum Gasteiger partial charge on any atom is -0.497 e. The van der Waals surface area contributed by atoms with E-state index in [0.717, 1.165) is 5.69 Å². The van der Waals surface area contributed by atoms with Crippen molar-refractivity contribution < 1.29 is 14.3 Å². The number of hydrogen-bond acceptors (Lipinski definition) is 3. The molecule has 6 nitrogen and oxygen atoms in total. The number of carbonyl (C=O) groups excluding carboxylic acids is 2. The number of nitrogens with one attached hydrogen (secondary N) is 2. The molecule has 3 rings (SSSR count). The molecule has 0 atom stereocenters. The minimum atomic E-state index is -0.192. The highest BCUT2D eigenvalue weighted by atomic mass is 16.5. The van der Waals surface area contributed by atoms with Crippen LogP contribution in [0.3, 0.4) is 0 Å². The number of amides is 2. The van der Waals surface area contributed by atoms with Gasteiger partial charge in [0.2, 0.25) is 0 Å². The van der Waals surface area contributed by atoms with Crippen LogP contribution >= 0.6 is 0 Å². The third kappa shape index (κ3) is 4.76. The molecule has 0 bridgehead atoms. The fourth-order valence-electron chi connectivity index (χ4n) is 2.59. The zero-order chi connectivity index (χ0) is 19.1. The van der Waals surface area contributed by atoms with Gasteiger partial charge in [0.1, 0.15) is 5.75 Å². The Morgan fingerprint density at radius 3 is 1.78 bits per heavy atom. The molecule has 27 heavy (non-hydrogen) atoms. The maximum absolute atomic E-state index is 12.2. The number of ether oxygens (including phenoxy) is 1. The lowest BCUT2D eigenvalue weighted by atomic mass is 10.2. The number of carbonyl (C=O) groups is 2. The molecule has 2 aromatic carbocycles. The Kier molecular flexibility index (Phi) is 5.89. The van der Waals surface area contributed by atoms with Gasteiger partial charge in [-0.25, -0.2) is 0 Å². The summed E-state index contributed by atoms with van der Waals surface area (Å²) in [6.45, 7) is 0.693. The first kappa shape index (κ1) is 18.3. The molecule has 0 aliphatic rings. The lowest BCUT2D eigenvalue weighted by Crippen LogP contribution is -2.34. The van der Waals surface area contributed by atoms with Crippen LogP contribution in [0.5, 0.6) is 5.75 Å². The standard InChI is InChI=1S/C21H21N3O3/c1-27-19-10-6-17(7-11-19)21(26)23-13-12-22-20(25)16-4-8-18(9-5-16)24-14-2-3-15-24/h2-11,14-15H,12-13H2,1H3,(H,22,25)(H,23,26). The number of methoxy groups -OCH3 is 1. The fourth-order valence-corrected chi connectivity index (χ4v) is 2.59. The summed E-state index contributed by atoms with van der Waals surface area (Å²) in [5.41, 5.74) is 2.11. The summed E-state index contributed by atoms with van der Waals surface area (Å²) in [5.74, 6) is 0.331. The van der Waals surface area contributed by atoms with E-state index in [0.29, 0.717) is 30.0 Å². The third-order valence-electron chi connectivity index (χ3n) is 4.08. The summed E-state index contributed by atoms with van der Waals surface area (Å²) in [6, 6.07) is 18.1. The first-order valence-corrected chi connectivity index (χ1v) is 8.61. The van der Waals surface area contributed by atoms with Crippen LogP contribution in [-0.4, -0.2) is 36.6 Å². The van der Waals surface area contributed by atoms with Gasteiger partial charge < -0.3 is 19.9 Å². The van der Waals surface area contributed by atoms with E-state index in [1.54, 1.807) is 43.5 Å². The Balaban J connectivity index is 1.44. The van der Waals surface area contributed by atoms with Crippen molar-refractivity contribution in [2.75, 3.05) is 20.2 Å². The monoisotopic (exact) mass is 363 g/mol. The number of hydrogen-bond donors (Lipinski definition) is 2. The van der Waals surface area contributed by atoms with Gasteiger partial charge in [0.15, 0.2) is 0 Å². The molecule has 0 unspecified atom stereocenters. The largest absolute Gasteiger partial charge is 0.497 e. The average molecular weight is 363 g/mol. The fraction of sp³-hybridized carbons (Fsp3) is 0.143. The molecule has 0 fully saturated rings. The van der Waals surface area contributed by atoms with Gasteiger partial charge in [-0.1, -0.05) is 0 Å². The SMILES string of the molecule is COc1ccc(C(=O)NCCNC(=O)c2ccc(-n3cccc3)cc2)cc1. The highest BCUT2D eigenvalue weighted by Crippen LogP contribution is 2.11. The first-order valence-electron chi connectivity index (χ1n) is 8.61. The zero-order valence-corrected chi connectivity index (χ0v) is 15.0. The van der Waals surface area contributed by atoms with Crippen molar-refractivity contribution in [2.24, 2.45) is 0 Å². The van der Waals surface area contributed by atoms with Gasteiger partial charge in [-0.3, -0.25) is 9.59 Å². The quantitative estimate of drug-likeness (QED) is 0.634. The number of aromatic nitrogens is 1. The molecule has 0 aliphatic carbocycles. The molecule has 0 saturated carbocycles. The van der Waals surface area contributed by atoms with E-state index in [1.165, 1.54) is 0 Å². The Morgan fingerprint density at radius 1 is 0.815 bits per heavy atom. The lowest BCUT2D eigenvalue weighted by molar-refractivity contribution is 0.0927. The van der Waals surface area contributed by atoms with Crippen molar-refractivity contribution in [3.8, 4) is 11.4 Å². The highest BCUT2D eigenvalue weighted by molar-refractivity contribution is 5.95. The van der Waals surface area contributed by atoms with Crippen LogP contribution in [0.2, 0.25) is 0 Å². The van der Waals surface area contributed by atoms with Crippen molar-refractivity contribution in [3.63, 3.8) is 0 Å². The van der Waals surface area contributed by atoms with Gasteiger partial charge in [0, 0.05) is 42.3 Å². The molecule has 3 aromatic rings. The van der Waals surface area contributed by atoms with Gasteiger partial charge in [-0.15, -0.1) is 0 Å². The summed E-state index contributed by atoms with van der Waals surface area (Å²) in [6.07, 6.45) is 3.89.